The Labute approximate surface area is 111 Å². The third-order valence-electron chi connectivity index (χ3n) is 3.12. The third-order valence-corrected chi connectivity index (χ3v) is 4.07. The Kier molecular flexibility index (Phi) is 4.24. The molecule has 1 amide bonds. The molecular weight excluding hydrogens is 251 g/mol. The van der Waals surface area contributed by atoms with Crippen LogP contribution in [0.15, 0.2) is 24.3 Å². The van der Waals surface area contributed by atoms with Crippen LogP contribution in [0.5, 0.6) is 0 Å². The second-order valence-corrected chi connectivity index (χ2v) is 5.70. The van der Waals surface area contributed by atoms with Crippen molar-refractivity contribution in [3.63, 3.8) is 0 Å². The second kappa shape index (κ2) is 5.71. The maximum atomic E-state index is 12.9. The van der Waals surface area contributed by atoms with Crippen molar-refractivity contribution in [1.29, 1.82) is 0 Å². The van der Waals surface area contributed by atoms with E-state index in [0.717, 1.165) is 5.56 Å². The van der Waals surface area contributed by atoms with Crippen LogP contribution in [0, 0.1) is 5.82 Å². The van der Waals surface area contributed by atoms with Crippen LogP contribution in [0.4, 0.5) is 4.39 Å². The van der Waals surface area contributed by atoms with E-state index < -0.39 is 0 Å². The second-order valence-electron chi connectivity index (χ2n) is 4.43. The van der Waals surface area contributed by atoms with E-state index in [1.807, 2.05) is 11.2 Å². The van der Waals surface area contributed by atoms with Gasteiger partial charge >= 0.3 is 0 Å². The minimum Gasteiger partial charge on any atom is -0.321 e. The molecule has 0 aromatic heterocycles. The fraction of sp³-hybridized carbons (Fsp3) is 0.462. The fourth-order valence-corrected chi connectivity index (χ4v) is 2.35. The van der Waals surface area contributed by atoms with Crippen LogP contribution in [-0.4, -0.2) is 35.4 Å². The highest BCUT2D eigenvalue weighted by molar-refractivity contribution is 7.99. The van der Waals surface area contributed by atoms with Gasteiger partial charge in [-0.15, -0.1) is 0 Å². The summed E-state index contributed by atoms with van der Waals surface area (Å²) in [5.74, 6) is -0.155. The Morgan fingerprint density at radius 3 is 2.78 bits per heavy atom. The fourth-order valence-electron chi connectivity index (χ4n) is 2.04. The lowest BCUT2D eigenvalue weighted by atomic mass is 10.1. The van der Waals surface area contributed by atoms with Crippen molar-refractivity contribution in [2.75, 3.05) is 19.3 Å². The number of carbonyl (C=O) groups is 1. The molecule has 1 aromatic carbocycles. The Bertz CT molecular complexity index is 424. The zero-order valence-electron chi connectivity index (χ0n) is 10.5. The minimum atomic E-state index is -0.257. The molecule has 0 saturated carbocycles. The van der Waals surface area contributed by atoms with Crippen LogP contribution in [0.3, 0.4) is 0 Å². The molecule has 5 heteroatoms. The van der Waals surface area contributed by atoms with Crippen molar-refractivity contribution in [2.45, 2.75) is 18.3 Å². The number of nitrogens with zero attached hydrogens (tertiary/aromatic N) is 1. The number of amides is 1. The molecule has 0 spiro atoms. The van der Waals surface area contributed by atoms with Gasteiger partial charge in [-0.25, -0.2) is 4.39 Å². The molecule has 0 bridgehead atoms. The lowest BCUT2D eigenvalue weighted by molar-refractivity contribution is -0.128. The first kappa shape index (κ1) is 13.4. The molecule has 3 nitrogen and oxygen atoms in total. The molecule has 1 aliphatic rings. The molecule has 2 unspecified atom stereocenters. The predicted molar refractivity (Wildman–Crippen MR) is 71.8 cm³/mol. The van der Waals surface area contributed by atoms with E-state index in [0.29, 0.717) is 18.3 Å². The number of rotatable bonds is 4. The molecule has 2 atom stereocenters. The van der Waals surface area contributed by atoms with Crippen LogP contribution in [0.1, 0.15) is 18.7 Å². The van der Waals surface area contributed by atoms with Crippen molar-refractivity contribution in [3.8, 4) is 0 Å². The van der Waals surface area contributed by atoms with Gasteiger partial charge in [0.15, 0.2) is 0 Å². The highest BCUT2D eigenvalue weighted by atomic mass is 32.2. The molecule has 1 aliphatic heterocycles. The molecular formula is C13H17FN2OS. The van der Waals surface area contributed by atoms with Gasteiger partial charge in [0, 0.05) is 11.8 Å². The van der Waals surface area contributed by atoms with Gasteiger partial charge in [0.05, 0.1) is 6.54 Å². The summed E-state index contributed by atoms with van der Waals surface area (Å²) in [5.41, 5.74) is 0.926. The molecule has 1 aromatic rings. The maximum absolute atomic E-state index is 12.9. The molecule has 1 fully saturated rings. The Balaban J connectivity index is 2.15. The smallest absolute Gasteiger partial charge is 0.238 e. The third kappa shape index (κ3) is 2.84. The summed E-state index contributed by atoms with van der Waals surface area (Å²) in [6.07, 6.45) is 1.90. The molecule has 1 N–H and O–H groups in total. The van der Waals surface area contributed by atoms with Crippen molar-refractivity contribution in [2.24, 2.45) is 0 Å². The summed E-state index contributed by atoms with van der Waals surface area (Å²) in [7, 11) is 0. The summed E-state index contributed by atoms with van der Waals surface area (Å²) < 4.78 is 12.9. The van der Waals surface area contributed by atoms with Crippen LogP contribution in [0.25, 0.3) is 0 Å². The van der Waals surface area contributed by atoms with Gasteiger partial charge in [0.1, 0.15) is 12.0 Å². The van der Waals surface area contributed by atoms with E-state index in [4.69, 9.17) is 0 Å². The predicted octanol–water partition coefficient (Wildman–Crippen LogP) is 2.01. The Morgan fingerprint density at radius 1 is 1.50 bits per heavy atom. The summed E-state index contributed by atoms with van der Waals surface area (Å²) in [6, 6.07) is 6.30. The SMILES string of the molecule is CSC(C)CN1C(=O)CNC1c1ccc(F)cc1. The number of hydrogen-bond acceptors (Lipinski definition) is 3. The van der Waals surface area contributed by atoms with Gasteiger partial charge < -0.3 is 4.90 Å². The van der Waals surface area contributed by atoms with E-state index in [1.54, 1.807) is 23.9 Å². The van der Waals surface area contributed by atoms with E-state index in [2.05, 4.69) is 12.2 Å². The van der Waals surface area contributed by atoms with Gasteiger partial charge in [-0.1, -0.05) is 19.1 Å². The van der Waals surface area contributed by atoms with Crippen LogP contribution < -0.4 is 5.32 Å². The molecule has 2 rings (SSSR count). The lowest BCUT2D eigenvalue weighted by Gasteiger charge is -2.26. The Morgan fingerprint density at radius 2 is 2.17 bits per heavy atom. The average Bonchev–Trinajstić information content (AvgIpc) is 2.72. The molecule has 1 saturated heterocycles. The van der Waals surface area contributed by atoms with Crippen LogP contribution >= 0.6 is 11.8 Å². The highest BCUT2D eigenvalue weighted by Gasteiger charge is 2.32. The zero-order valence-corrected chi connectivity index (χ0v) is 11.3. The van der Waals surface area contributed by atoms with Gasteiger partial charge in [0.2, 0.25) is 5.91 Å². The first-order valence-corrected chi connectivity index (χ1v) is 7.21. The summed E-state index contributed by atoms with van der Waals surface area (Å²) in [5, 5.41) is 3.55. The summed E-state index contributed by atoms with van der Waals surface area (Å²) in [4.78, 5) is 13.7. The van der Waals surface area contributed by atoms with Crippen molar-refractivity contribution in [1.82, 2.24) is 10.2 Å². The van der Waals surface area contributed by atoms with Crippen molar-refractivity contribution in [3.05, 3.63) is 35.6 Å². The highest BCUT2D eigenvalue weighted by Crippen LogP contribution is 2.24. The largest absolute Gasteiger partial charge is 0.321 e. The number of thioether (sulfide) groups is 1. The molecule has 18 heavy (non-hydrogen) atoms. The first-order chi connectivity index (χ1) is 8.61. The molecule has 98 valence electrons. The number of halogens is 1. The first-order valence-electron chi connectivity index (χ1n) is 5.93. The quantitative estimate of drug-likeness (QED) is 0.906. The standard InChI is InChI=1S/C13H17FN2OS/c1-9(18-2)8-16-12(17)7-15-13(16)10-3-5-11(14)6-4-10/h3-6,9,13,15H,7-8H2,1-2H3. The number of benzene rings is 1. The van der Waals surface area contributed by atoms with Gasteiger partial charge in [0.25, 0.3) is 0 Å². The monoisotopic (exact) mass is 268 g/mol. The Hall–Kier alpha value is -1.07. The number of carbonyl (C=O) groups excluding carboxylic acids is 1. The average molecular weight is 268 g/mol. The zero-order chi connectivity index (χ0) is 13.1. The van der Waals surface area contributed by atoms with Gasteiger partial charge in [-0.3, -0.25) is 10.1 Å². The van der Waals surface area contributed by atoms with E-state index in [1.165, 1.54) is 12.1 Å². The minimum absolute atomic E-state index is 0.102. The van der Waals surface area contributed by atoms with Crippen molar-refractivity contribution < 1.29 is 9.18 Å². The maximum Gasteiger partial charge on any atom is 0.238 e. The summed E-state index contributed by atoms with van der Waals surface area (Å²) >= 11 is 1.73. The topological polar surface area (TPSA) is 32.3 Å². The van der Waals surface area contributed by atoms with E-state index >= 15 is 0 Å². The number of hydrogen-bond donors (Lipinski definition) is 1. The van der Waals surface area contributed by atoms with E-state index in [9.17, 15) is 9.18 Å². The lowest BCUT2D eigenvalue weighted by Crippen LogP contribution is -2.34. The number of nitrogens with one attached hydrogen (secondary N) is 1. The van der Waals surface area contributed by atoms with E-state index in [-0.39, 0.29) is 17.9 Å². The van der Waals surface area contributed by atoms with Gasteiger partial charge in [-0.2, -0.15) is 11.8 Å². The normalized spacial score (nSPS) is 21.4. The van der Waals surface area contributed by atoms with Crippen LogP contribution in [0.2, 0.25) is 0 Å². The van der Waals surface area contributed by atoms with Gasteiger partial charge in [-0.05, 0) is 24.0 Å². The summed E-state index contributed by atoms with van der Waals surface area (Å²) in [6.45, 7) is 3.15. The molecule has 1 heterocycles. The molecule has 0 radical (unpaired) electrons. The molecule has 0 aliphatic carbocycles. The van der Waals surface area contributed by atoms with Crippen LogP contribution in [-0.2, 0) is 4.79 Å². The van der Waals surface area contributed by atoms with Crippen molar-refractivity contribution >= 4 is 17.7 Å².